The molecular formula is C20H19F3O5. The number of rotatable bonds is 6. The van der Waals surface area contributed by atoms with Gasteiger partial charge in [0.15, 0.2) is 18.1 Å². The number of carbonyl (C=O) groups excluding carboxylic acids is 1. The number of benzene rings is 2. The zero-order chi connectivity index (χ0) is 20.1. The van der Waals surface area contributed by atoms with Crippen LogP contribution in [0.15, 0.2) is 42.5 Å². The fourth-order valence-corrected chi connectivity index (χ4v) is 2.78. The van der Waals surface area contributed by atoms with E-state index in [1.165, 1.54) is 18.2 Å². The van der Waals surface area contributed by atoms with Gasteiger partial charge in [0.1, 0.15) is 18.1 Å². The van der Waals surface area contributed by atoms with Gasteiger partial charge in [0.05, 0.1) is 12.5 Å². The minimum absolute atomic E-state index is 0.0642. The third-order valence-corrected chi connectivity index (χ3v) is 4.03. The molecule has 5 nitrogen and oxygen atoms in total. The summed E-state index contributed by atoms with van der Waals surface area (Å²) in [6, 6.07) is 11.1. The fraction of sp³-hybridized carbons (Fsp3) is 0.350. The van der Waals surface area contributed by atoms with Crippen molar-refractivity contribution >= 4 is 5.97 Å². The van der Waals surface area contributed by atoms with Crippen LogP contribution < -0.4 is 18.9 Å². The summed E-state index contributed by atoms with van der Waals surface area (Å²) in [6.07, 6.45) is -4.11. The van der Waals surface area contributed by atoms with Gasteiger partial charge in [-0.1, -0.05) is 12.1 Å². The molecule has 0 N–H and O–H groups in total. The van der Waals surface area contributed by atoms with Crippen LogP contribution in [0.4, 0.5) is 13.2 Å². The van der Waals surface area contributed by atoms with Crippen LogP contribution in [-0.2, 0) is 11.2 Å². The molecule has 3 rings (SSSR count). The van der Waals surface area contributed by atoms with Crippen molar-refractivity contribution < 1.29 is 36.9 Å². The van der Waals surface area contributed by atoms with E-state index in [1.54, 1.807) is 24.3 Å². The highest BCUT2D eigenvalue weighted by atomic mass is 19.4. The number of hydrogen-bond donors (Lipinski definition) is 0. The van der Waals surface area contributed by atoms with Crippen molar-refractivity contribution in [3.8, 4) is 23.0 Å². The van der Waals surface area contributed by atoms with Crippen LogP contribution in [0, 0.1) is 5.92 Å². The van der Waals surface area contributed by atoms with Gasteiger partial charge in [0.2, 0.25) is 0 Å². The number of para-hydroxylation sites is 2. The third kappa shape index (κ3) is 5.09. The quantitative estimate of drug-likeness (QED) is 0.542. The van der Waals surface area contributed by atoms with Crippen LogP contribution in [0.25, 0.3) is 0 Å². The molecule has 150 valence electrons. The molecular weight excluding hydrogens is 377 g/mol. The topological polar surface area (TPSA) is 54.0 Å². The first kappa shape index (κ1) is 19.9. The third-order valence-electron chi connectivity index (χ3n) is 4.03. The Morgan fingerprint density at radius 1 is 1.14 bits per heavy atom. The monoisotopic (exact) mass is 396 g/mol. The number of ether oxygens (including phenoxy) is 4. The molecule has 1 unspecified atom stereocenters. The van der Waals surface area contributed by atoms with Crippen molar-refractivity contribution in [2.75, 3.05) is 19.8 Å². The molecule has 8 heteroatoms. The predicted molar refractivity (Wildman–Crippen MR) is 93.9 cm³/mol. The van der Waals surface area contributed by atoms with Gasteiger partial charge in [-0.15, -0.1) is 0 Å². The lowest BCUT2D eigenvalue weighted by atomic mass is 9.96. The van der Waals surface area contributed by atoms with Crippen LogP contribution in [0.5, 0.6) is 23.0 Å². The Bertz CT molecular complexity index is 835. The summed E-state index contributed by atoms with van der Waals surface area (Å²) in [5, 5.41) is 0. The van der Waals surface area contributed by atoms with Gasteiger partial charge in [-0.25, -0.2) is 0 Å². The van der Waals surface area contributed by atoms with E-state index in [0.29, 0.717) is 24.5 Å². The van der Waals surface area contributed by atoms with E-state index in [9.17, 15) is 18.0 Å². The summed E-state index contributed by atoms with van der Waals surface area (Å²) in [6.45, 7) is 1.03. The molecule has 0 fully saturated rings. The van der Waals surface area contributed by atoms with Gasteiger partial charge in [-0.3, -0.25) is 4.79 Å². The SMILES string of the molecule is CCOc1ccc2c(c1)CC(C(=O)Oc1ccccc1OCC(F)(F)F)CO2. The Hall–Kier alpha value is -2.90. The van der Waals surface area contributed by atoms with Crippen molar-refractivity contribution in [2.45, 2.75) is 19.5 Å². The molecule has 1 heterocycles. The lowest BCUT2D eigenvalue weighted by molar-refractivity contribution is -0.153. The molecule has 0 spiro atoms. The summed E-state index contributed by atoms with van der Waals surface area (Å²) < 4.78 is 58.3. The van der Waals surface area contributed by atoms with Gasteiger partial charge in [0, 0.05) is 0 Å². The maximum atomic E-state index is 12.5. The minimum atomic E-state index is -4.49. The van der Waals surface area contributed by atoms with Gasteiger partial charge in [-0.2, -0.15) is 13.2 Å². The number of esters is 1. The van der Waals surface area contributed by atoms with Gasteiger partial charge in [-0.05, 0) is 49.2 Å². The highest BCUT2D eigenvalue weighted by molar-refractivity contribution is 5.77. The standard InChI is InChI=1S/C20H19F3O5/c1-2-25-15-7-8-16-13(10-15)9-14(11-26-16)19(24)28-18-6-4-3-5-17(18)27-12-20(21,22)23/h3-8,10,14H,2,9,11-12H2,1H3. The predicted octanol–water partition coefficient (Wildman–Crippen LogP) is 4.18. The minimum Gasteiger partial charge on any atom is -0.494 e. The summed E-state index contributed by atoms with van der Waals surface area (Å²) in [4.78, 5) is 12.5. The van der Waals surface area contributed by atoms with Crippen molar-refractivity contribution in [2.24, 2.45) is 5.92 Å². The van der Waals surface area contributed by atoms with Crippen LogP contribution >= 0.6 is 0 Å². The maximum Gasteiger partial charge on any atom is 0.422 e. The molecule has 2 aromatic rings. The van der Waals surface area contributed by atoms with E-state index in [4.69, 9.17) is 18.9 Å². The first-order chi connectivity index (χ1) is 13.4. The number of alkyl halides is 3. The van der Waals surface area contributed by atoms with Crippen LogP contribution in [-0.4, -0.2) is 32.0 Å². The maximum absolute atomic E-state index is 12.5. The molecule has 1 aliphatic heterocycles. The molecule has 0 aromatic heterocycles. The highest BCUT2D eigenvalue weighted by Gasteiger charge is 2.31. The number of halogens is 3. The number of hydrogen-bond acceptors (Lipinski definition) is 5. The van der Waals surface area contributed by atoms with Crippen molar-refractivity contribution in [3.63, 3.8) is 0 Å². The van der Waals surface area contributed by atoms with E-state index >= 15 is 0 Å². The average molecular weight is 396 g/mol. The second-order valence-electron chi connectivity index (χ2n) is 6.19. The van der Waals surface area contributed by atoms with Crippen LogP contribution in [0.2, 0.25) is 0 Å². The van der Waals surface area contributed by atoms with Gasteiger partial charge in [0.25, 0.3) is 0 Å². The summed E-state index contributed by atoms with van der Waals surface area (Å²) >= 11 is 0. The summed E-state index contributed by atoms with van der Waals surface area (Å²) in [7, 11) is 0. The lowest BCUT2D eigenvalue weighted by Crippen LogP contribution is -2.31. The zero-order valence-corrected chi connectivity index (χ0v) is 15.1. The molecule has 0 bridgehead atoms. The van der Waals surface area contributed by atoms with E-state index < -0.39 is 24.7 Å². The Morgan fingerprint density at radius 2 is 1.89 bits per heavy atom. The van der Waals surface area contributed by atoms with E-state index in [0.717, 1.165) is 5.56 Å². The second-order valence-corrected chi connectivity index (χ2v) is 6.19. The van der Waals surface area contributed by atoms with E-state index in [1.807, 2.05) is 6.92 Å². The first-order valence-corrected chi connectivity index (χ1v) is 8.74. The summed E-state index contributed by atoms with van der Waals surface area (Å²) in [5.41, 5.74) is 0.806. The molecule has 0 saturated heterocycles. The van der Waals surface area contributed by atoms with E-state index in [-0.39, 0.29) is 18.1 Å². The van der Waals surface area contributed by atoms with Crippen LogP contribution in [0.1, 0.15) is 12.5 Å². The van der Waals surface area contributed by atoms with Crippen molar-refractivity contribution in [1.82, 2.24) is 0 Å². The molecule has 0 amide bonds. The molecule has 0 radical (unpaired) electrons. The van der Waals surface area contributed by atoms with Gasteiger partial charge >= 0.3 is 12.1 Å². The molecule has 1 aliphatic rings. The molecule has 28 heavy (non-hydrogen) atoms. The highest BCUT2D eigenvalue weighted by Crippen LogP contribution is 2.33. The normalized spacial score (nSPS) is 15.9. The lowest BCUT2D eigenvalue weighted by Gasteiger charge is -2.24. The second kappa shape index (κ2) is 8.41. The van der Waals surface area contributed by atoms with E-state index in [2.05, 4.69) is 0 Å². The average Bonchev–Trinajstić information content (AvgIpc) is 2.66. The molecule has 0 saturated carbocycles. The Kier molecular flexibility index (Phi) is 5.96. The largest absolute Gasteiger partial charge is 0.494 e. The zero-order valence-electron chi connectivity index (χ0n) is 15.1. The first-order valence-electron chi connectivity index (χ1n) is 8.74. The van der Waals surface area contributed by atoms with Gasteiger partial charge < -0.3 is 18.9 Å². The molecule has 0 aliphatic carbocycles. The summed E-state index contributed by atoms with van der Waals surface area (Å²) in [5.74, 6) is -0.0729. The Balaban J connectivity index is 1.68. The Morgan fingerprint density at radius 3 is 2.61 bits per heavy atom. The smallest absolute Gasteiger partial charge is 0.422 e. The number of carbonyl (C=O) groups is 1. The number of fused-ring (bicyclic) bond motifs is 1. The van der Waals surface area contributed by atoms with Crippen LogP contribution in [0.3, 0.4) is 0 Å². The fourth-order valence-electron chi connectivity index (χ4n) is 2.78. The Labute approximate surface area is 160 Å². The molecule has 1 atom stereocenters. The molecule has 2 aromatic carbocycles. The van der Waals surface area contributed by atoms with Crippen molar-refractivity contribution in [1.29, 1.82) is 0 Å². The van der Waals surface area contributed by atoms with Crippen molar-refractivity contribution in [3.05, 3.63) is 48.0 Å².